The molecule has 0 spiro atoms. The van der Waals surface area contributed by atoms with Crippen LogP contribution in [0.5, 0.6) is 0 Å². The van der Waals surface area contributed by atoms with Gasteiger partial charge in [0.15, 0.2) is 5.82 Å². The van der Waals surface area contributed by atoms with Gasteiger partial charge in [-0.25, -0.2) is 8.78 Å². The van der Waals surface area contributed by atoms with E-state index in [-0.39, 0.29) is 29.9 Å². The van der Waals surface area contributed by atoms with Crippen LogP contribution in [0.25, 0.3) is 5.57 Å². The smallest absolute Gasteiger partial charge is 0.367 e. The number of benzene rings is 1. The van der Waals surface area contributed by atoms with Gasteiger partial charge >= 0.3 is 6.18 Å². The van der Waals surface area contributed by atoms with Gasteiger partial charge in [0.1, 0.15) is 11.5 Å². The summed E-state index contributed by atoms with van der Waals surface area (Å²) in [5, 5.41) is 5.28. The Kier molecular flexibility index (Phi) is 7.19. The molecule has 2 aliphatic heterocycles. The van der Waals surface area contributed by atoms with Crippen LogP contribution in [0.4, 0.5) is 33.3 Å². The Morgan fingerprint density at radius 2 is 1.94 bits per heavy atom. The summed E-state index contributed by atoms with van der Waals surface area (Å²) in [7, 11) is 1.91. The second kappa shape index (κ2) is 10.0. The monoisotopic (exact) mass is 511 g/mol. The van der Waals surface area contributed by atoms with Gasteiger partial charge in [-0.3, -0.25) is 9.59 Å². The van der Waals surface area contributed by atoms with Gasteiger partial charge in [0.2, 0.25) is 5.56 Å². The minimum atomic E-state index is -5.00. The predicted octanol–water partition coefficient (Wildman–Crippen LogP) is 3.44. The first-order valence-electron chi connectivity index (χ1n) is 11.5. The molecule has 3 heterocycles. The van der Waals surface area contributed by atoms with Gasteiger partial charge in [0.25, 0.3) is 5.91 Å². The van der Waals surface area contributed by atoms with Crippen LogP contribution in [0.1, 0.15) is 34.8 Å². The van der Waals surface area contributed by atoms with Gasteiger partial charge in [-0.15, -0.1) is 0 Å². The molecule has 4 rings (SSSR count). The molecule has 1 fully saturated rings. The number of pyridine rings is 1. The van der Waals surface area contributed by atoms with Crippen LogP contribution in [-0.4, -0.2) is 61.6 Å². The molecule has 0 bridgehead atoms. The number of alkyl halides is 3. The first-order chi connectivity index (χ1) is 17.0. The molecule has 1 aromatic heterocycles. The van der Waals surface area contributed by atoms with Crippen LogP contribution in [-0.2, 0) is 6.18 Å². The number of nitrogens with one attached hydrogen (secondary N) is 3. The molecule has 1 amide bonds. The zero-order chi connectivity index (χ0) is 26.2. The highest BCUT2D eigenvalue weighted by Gasteiger charge is 2.37. The Morgan fingerprint density at radius 3 is 2.58 bits per heavy atom. The second-order valence-corrected chi connectivity index (χ2v) is 8.99. The number of aromatic amines is 1. The number of hydrogen-bond acceptors (Lipinski definition) is 5. The lowest BCUT2D eigenvalue weighted by Gasteiger charge is -2.40. The van der Waals surface area contributed by atoms with Crippen LogP contribution < -0.4 is 21.1 Å². The third kappa shape index (κ3) is 5.14. The largest absolute Gasteiger partial charge is 0.417 e. The summed E-state index contributed by atoms with van der Waals surface area (Å²) in [5.41, 5.74) is -3.77. The number of hydrogen-bond donors (Lipinski definition) is 3. The standard InChI is InChI=1S/C24H26F5N5O2/c1-13-12-34(7-6-33(13)2)18-9-17(25)20(14-4-3-5-30-10-14)21(26)22(18)32-23(36)15-11-31-19(35)8-16(15)24(27,28)29/h4,8-9,11,13,30H,3,5-7,10,12H2,1-2H3,(H,31,35)(H,32,36)/t13-/m1/s1. The molecule has 12 heteroatoms. The molecule has 2 aromatic rings. The van der Waals surface area contributed by atoms with E-state index in [2.05, 4.69) is 20.5 Å². The summed E-state index contributed by atoms with van der Waals surface area (Å²) in [6.07, 6.45) is -2.14. The summed E-state index contributed by atoms with van der Waals surface area (Å²) in [4.78, 5) is 30.3. The highest BCUT2D eigenvalue weighted by molar-refractivity contribution is 6.07. The van der Waals surface area contributed by atoms with Crippen molar-refractivity contribution >= 4 is 22.9 Å². The van der Waals surface area contributed by atoms with Crippen LogP contribution in [0.3, 0.4) is 0 Å². The van der Waals surface area contributed by atoms with Crippen molar-refractivity contribution in [3.63, 3.8) is 0 Å². The minimum Gasteiger partial charge on any atom is -0.367 e. The van der Waals surface area contributed by atoms with Crippen LogP contribution in [0.2, 0.25) is 0 Å². The number of likely N-dealkylation sites (N-methyl/N-ethyl adjacent to an activating group) is 1. The van der Waals surface area contributed by atoms with Crippen molar-refractivity contribution < 1.29 is 26.7 Å². The van der Waals surface area contributed by atoms with E-state index in [1.165, 1.54) is 0 Å². The van der Waals surface area contributed by atoms with E-state index in [4.69, 9.17) is 0 Å². The average molecular weight is 511 g/mol. The van der Waals surface area contributed by atoms with Crippen LogP contribution >= 0.6 is 0 Å². The molecule has 1 aromatic carbocycles. The molecule has 7 nitrogen and oxygen atoms in total. The van der Waals surface area contributed by atoms with Crippen molar-refractivity contribution in [2.75, 3.05) is 50.0 Å². The fourth-order valence-corrected chi connectivity index (χ4v) is 4.45. The number of carbonyl (C=O) groups excluding carboxylic acids is 1. The van der Waals surface area contributed by atoms with Crippen molar-refractivity contribution in [1.82, 2.24) is 15.2 Å². The molecule has 0 unspecified atom stereocenters. The number of carbonyl (C=O) groups is 1. The Balaban J connectivity index is 1.82. The van der Waals surface area contributed by atoms with E-state index >= 15 is 8.78 Å². The summed E-state index contributed by atoms with van der Waals surface area (Å²) in [5.74, 6) is -3.19. The molecular weight excluding hydrogens is 485 g/mol. The Hall–Kier alpha value is -3.25. The third-order valence-electron chi connectivity index (χ3n) is 6.56. The van der Waals surface area contributed by atoms with Gasteiger partial charge in [0, 0.05) is 50.6 Å². The second-order valence-electron chi connectivity index (χ2n) is 8.99. The van der Waals surface area contributed by atoms with Crippen molar-refractivity contribution in [1.29, 1.82) is 0 Å². The van der Waals surface area contributed by atoms with Gasteiger partial charge in [-0.1, -0.05) is 6.08 Å². The molecule has 3 N–H and O–H groups in total. The molecule has 0 radical (unpaired) electrons. The number of nitrogens with zero attached hydrogens (tertiary/aromatic N) is 2. The van der Waals surface area contributed by atoms with Crippen molar-refractivity contribution in [2.24, 2.45) is 0 Å². The Bertz CT molecular complexity index is 1260. The number of aromatic nitrogens is 1. The highest BCUT2D eigenvalue weighted by atomic mass is 19.4. The first-order valence-corrected chi connectivity index (χ1v) is 11.5. The average Bonchev–Trinajstić information content (AvgIpc) is 2.82. The summed E-state index contributed by atoms with van der Waals surface area (Å²) in [6.45, 7) is 4.12. The molecule has 0 aliphatic carbocycles. The summed E-state index contributed by atoms with van der Waals surface area (Å²) >= 11 is 0. The van der Waals surface area contributed by atoms with Gasteiger partial charge in [-0.2, -0.15) is 13.2 Å². The summed E-state index contributed by atoms with van der Waals surface area (Å²) in [6, 6.07) is 1.40. The van der Waals surface area contributed by atoms with Crippen LogP contribution in [0, 0.1) is 11.6 Å². The molecule has 1 saturated heterocycles. The molecule has 2 aliphatic rings. The Morgan fingerprint density at radius 1 is 1.19 bits per heavy atom. The SMILES string of the molecule is C[C@@H]1CN(c2cc(F)c(C3=CCCNC3)c(F)c2NC(=O)c2c[nH]c(=O)cc2C(F)(F)F)CCN1C. The maximum absolute atomic E-state index is 15.9. The number of anilines is 2. The zero-order valence-corrected chi connectivity index (χ0v) is 19.7. The predicted molar refractivity (Wildman–Crippen MR) is 126 cm³/mol. The fraction of sp³-hybridized carbons (Fsp3) is 0.417. The van der Waals surface area contributed by atoms with E-state index in [0.29, 0.717) is 44.4 Å². The molecular formula is C24H26F5N5O2. The molecule has 194 valence electrons. The number of halogens is 5. The van der Waals surface area contributed by atoms with Gasteiger partial charge < -0.3 is 25.4 Å². The van der Waals surface area contributed by atoms with Crippen molar-refractivity contribution in [3.8, 4) is 0 Å². The first kappa shape index (κ1) is 25.8. The van der Waals surface area contributed by atoms with Crippen LogP contribution in [0.15, 0.2) is 29.2 Å². The summed E-state index contributed by atoms with van der Waals surface area (Å²) < 4.78 is 71.8. The number of piperazine rings is 1. The molecule has 0 saturated carbocycles. The maximum Gasteiger partial charge on any atom is 0.417 e. The maximum atomic E-state index is 15.9. The third-order valence-corrected chi connectivity index (χ3v) is 6.56. The van der Waals surface area contributed by atoms with Gasteiger partial charge in [0.05, 0.1) is 22.4 Å². The normalized spacial score (nSPS) is 19.2. The lowest BCUT2D eigenvalue weighted by molar-refractivity contribution is -0.138. The van der Waals surface area contributed by atoms with E-state index in [1.807, 2.05) is 14.0 Å². The van der Waals surface area contributed by atoms with Gasteiger partial charge in [-0.05, 0) is 32.5 Å². The fourth-order valence-electron chi connectivity index (χ4n) is 4.45. The number of rotatable bonds is 4. The lowest BCUT2D eigenvalue weighted by atomic mass is 9.98. The van der Waals surface area contributed by atoms with E-state index < -0.39 is 46.1 Å². The quantitative estimate of drug-likeness (QED) is 0.549. The number of amides is 1. The topological polar surface area (TPSA) is 80.5 Å². The van der Waals surface area contributed by atoms with E-state index in [0.717, 1.165) is 6.07 Å². The van der Waals surface area contributed by atoms with E-state index in [9.17, 15) is 22.8 Å². The van der Waals surface area contributed by atoms with Crippen molar-refractivity contribution in [2.45, 2.75) is 25.6 Å². The minimum absolute atomic E-state index is 0.0226. The Labute approximate surface area is 204 Å². The number of H-pyrrole nitrogens is 1. The highest BCUT2D eigenvalue weighted by Crippen LogP contribution is 2.38. The zero-order valence-electron chi connectivity index (χ0n) is 19.7. The van der Waals surface area contributed by atoms with E-state index in [1.54, 1.807) is 11.0 Å². The molecule has 1 atom stereocenters. The van der Waals surface area contributed by atoms with Crippen molar-refractivity contribution in [3.05, 3.63) is 63.1 Å². The lowest BCUT2D eigenvalue weighted by Crippen LogP contribution is -2.50. The molecule has 36 heavy (non-hydrogen) atoms.